The fraction of sp³-hybridized carbons (Fsp3) is 0.556. The molecule has 5 atom stereocenters. The largest absolute Gasteiger partial charge is 0.493 e. The average Bonchev–Trinajstić information content (AvgIpc) is 2.92. The molecule has 4 heteroatoms. The van der Waals surface area contributed by atoms with Crippen LogP contribution in [0.4, 0.5) is 0 Å². The Hall–Kier alpha value is -1.52. The lowest BCUT2D eigenvalue weighted by molar-refractivity contribution is -0.0453. The highest BCUT2D eigenvalue weighted by Gasteiger charge is 2.64. The van der Waals surface area contributed by atoms with Gasteiger partial charge in [0.05, 0.1) is 16.6 Å². The van der Waals surface area contributed by atoms with Crippen molar-refractivity contribution in [2.75, 3.05) is 20.6 Å². The maximum atomic E-state index is 10.9. The molecule has 2 bridgehead atoms. The van der Waals surface area contributed by atoms with Crippen LogP contribution >= 0.6 is 0 Å². The zero-order valence-corrected chi connectivity index (χ0v) is 11.9. The number of hydrogen-bond acceptors (Lipinski definition) is 4. The third-order valence-electron chi connectivity index (χ3n) is 5.15. The highest BCUT2D eigenvalue weighted by Crippen LogP contribution is 2.62. The molecule has 0 saturated carbocycles. The Morgan fingerprint density at radius 2 is 2.50 bits per heavy atom. The number of rotatable bonds is 1. The third-order valence-corrected chi connectivity index (χ3v) is 5.15. The summed E-state index contributed by atoms with van der Waals surface area (Å²) in [5, 5.41) is 10.9. The number of likely N-dealkylation sites (tertiary alicyclic amines) is 1. The predicted molar refractivity (Wildman–Crippen MR) is 82.5 cm³/mol. The van der Waals surface area contributed by atoms with Crippen molar-refractivity contribution in [1.82, 2.24) is 4.90 Å². The molecular formula is C18H21NO3. The van der Waals surface area contributed by atoms with Crippen LogP contribution in [0.1, 0.15) is 31.3 Å². The summed E-state index contributed by atoms with van der Waals surface area (Å²) in [4.78, 5) is 1.47. The lowest BCUT2D eigenvalue weighted by atomic mass is 9.53. The summed E-state index contributed by atoms with van der Waals surface area (Å²) < 4.78 is 94.8. The predicted octanol–water partition coefficient (Wildman–Crippen LogP) is 1.50. The number of methoxy groups -OCH3 is 1. The van der Waals surface area contributed by atoms with Crippen molar-refractivity contribution in [3.8, 4) is 11.5 Å². The van der Waals surface area contributed by atoms with Gasteiger partial charge in [-0.05, 0) is 38.0 Å². The van der Waals surface area contributed by atoms with Gasteiger partial charge >= 0.3 is 0 Å². The fourth-order valence-electron chi connectivity index (χ4n) is 4.19. The lowest BCUT2D eigenvalue weighted by Crippen LogP contribution is -2.64. The molecule has 2 aliphatic carbocycles. The molecule has 0 amide bonds. The molecule has 1 fully saturated rings. The number of likely N-dealkylation sites (N-methyl/N-ethyl adjacent to an activating group) is 1. The third kappa shape index (κ3) is 1.28. The number of ether oxygens (including phenoxy) is 2. The second kappa shape index (κ2) is 4.06. The number of benzene rings is 1. The van der Waals surface area contributed by atoms with Crippen LogP contribution in [0.5, 0.6) is 11.5 Å². The topological polar surface area (TPSA) is 41.9 Å². The maximum Gasteiger partial charge on any atom is 0.165 e. The molecular weight excluding hydrogens is 278 g/mol. The molecule has 4 aliphatic rings. The van der Waals surface area contributed by atoms with Gasteiger partial charge in [-0.3, -0.25) is 0 Å². The highest BCUT2D eigenvalue weighted by atomic mass is 16.5. The Balaban J connectivity index is 1.98. The van der Waals surface area contributed by atoms with Gasteiger partial charge in [0.15, 0.2) is 11.5 Å². The summed E-state index contributed by atoms with van der Waals surface area (Å²) in [7, 11) is -1.48. The van der Waals surface area contributed by atoms with E-state index < -0.39 is 66.5 Å². The van der Waals surface area contributed by atoms with Crippen LogP contribution in [0.2, 0.25) is 0 Å². The van der Waals surface area contributed by atoms with Gasteiger partial charge in [-0.25, -0.2) is 0 Å². The van der Waals surface area contributed by atoms with Crippen LogP contribution in [0.3, 0.4) is 0 Å². The molecule has 1 N–H and O–H groups in total. The van der Waals surface area contributed by atoms with E-state index in [1.807, 2.05) is 0 Å². The molecule has 1 aromatic carbocycles. The van der Waals surface area contributed by atoms with Crippen LogP contribution in [0.25, 0.3) is 0 Å². The lowest BCUT2D eigenvalue weighted by Gasteiger charge is -2.56. The Morgan fingerprint density at radius 3 is 3.36 bits per heavy atom. The average molecular weight is 309 g/mol. The van der Waals surface area contributed by atoms with Gasteiger partial charge in [0.1, 0.15) is 12.2 Å². The smallest absolute Gasteiger partial charge is 0.165 e. The normalized spacial score (nSPS) is 60.5. The molecule has 0 radical (unpaired) electrons. The minimum Gasteiger partial charge on any atom is -0.493 e. The first-order valence-electron chi connectivity index (χ1n) is 12.2. The fourth-order valence-corrected chi connectivity index (χ4v) is 4.19. The number of nitrogens with zero attached hydrogens (tertiary/aromatic N) is 1. The van der Waals surface area contributed by atoms with Gasteiger partial charge in [0, 0.05) is 27.0 Å². The van der Waals surface area contributed by atoms with Crippen molar-refractivity contribution in [1.29, 1.82) is 0 Å². The standard InChI is InChI=1S/C18H21NO3/c1-19-8-7-18-11-4-5-13(20)17(18)22-16-14(21-2)6-3-10(15(16)18)9-12(11)19/h3-6,11-13,17,20H,7-9H2,1-2H3/t11-,12+,13?,17?,18-/m0/s1/i2D3,3D,6D,9D2,12D,13D,17D. The first kappa shape index (κ1) is 6.54. The number of piperidine rings is 1. The summed E-state index contributed by atoms with van der Waals surface area (Å²) >= 11 is 0. The van der Waals surface area contributed by atoms with E-state index >= 15 is 0 Å². The van der Waals surface area contributed by atoms with Crippen LogP contribution in [0.15, 0.2) is 24.2 Å². The first-order valence-corrected chi connectivity index (χ1v) is 7.16. The molecule has 1 saturated heterocycles. The van der Waals surface area contributed by atoms with Crippen molar-refractivity contribution < 1.29 is 28.3 Å². The minimum atomic E-state index is -3.04. The molecule has 1 aromatic rings. The quantitative estimate of drug-likeness (QED) is 0.798. The van der Waals surface area contributed by atoms with Crippen LogP contribution < -0.4 is 9.47 Å². The van der Waals surface area contributed by atoms with E-state index in [0.29, 0.717) is 0 Å². The van der Waals surface area contributed by atoms with Crippen molar-refractivity contribution in [2.24, 2.45) is 5.92 Å². The van der Waals surface area contributed by atoms with E-state index in [1.54, 1.807) is 7.05 Å². The second-order valence-corrected chi connectivity index (χ2v) is 6.07. The zero-order chi connectivity index (χ0) is 23.9. The zero-order valence-electron chi connectivity index (χ0n) is 21.9. The van der Waals surface area contributed by atoms with Crippen LogP contribution in [0, 0.1) is 5.92 Å². The monoisotopic (exact) mass is 309 g/mol. The van der Waals surface area contributed by atoms with Crippen LogP contribution in [-0.2, 0) is 11.8 Å². The van der Waals surface area contributed by atoms with Crippen molar-refractivity contribution in [3.05, 3.63) is 35.4 Å². The molecule has 0 aromatic heterocycles. The Labute approximate surface area is 144 Å². The first-order chi connectivity index (χ1) is 14.5. The van der Waals surface area contributed by atoms with Crippen molar-refractivity contribution in [2.45, 2.75) is 36.4 Å². The van der Waals surface area contributed by atoms with Gasteiger partial charge in [-0.15, -0.1) is 0 Å². The Morgan fingerprint density at radius 1 is 1.59 bits per heavy atom. The second-order valence-electron chi connectivity index (χ2n) is 6.07. The van der Waals surface area contributed by atoms with Gasteiger partial charge in [-0.2, -0.15) is 0 Å². The minimum absolute atomic E-state index is 0.0613. The molecule has 5 rings (SSSR count). The SMILES string of the molecule is [2H]c1c([2H])c2c3c(c1OC([2H])([2H])[2H])OC1([2H])C([2H])(O)C=C[C@@H]4[C@@]31CCN(C)[C@]4([2H])C2([2H])[2H]. The summed E-state index contributed by atoms with van der Waals surface area (Å²) in [6.45, 7) is 0.123. The van der Waals surface area contributed by atoms with E-state index in [0.717, 1.165) is 6.08 Å². The maximum absolute atomic E-state index is 10.9. The number of hydrogen-bond donors (Lipinski definition) is 1. The van der Waals surface area contributed by atoms with Crippen LogP contribution in [-0.4, -0.2) is 48.8 Å². The molecule has 116 valence electrons. The van der Waals surface area contributed by atoms with E-state index in [9.17, 15) is 6.48 Å². The summed E-state index contributed by atoms with van der Waals surface area (Å²) in [5.41, 5.74) is -2.07. The van der Waals surface area contributed by atoms with E-state index in [2.05, 4.69) is 0 Å². The van der Waals surface area contributed by atoms with E-state index in [-0.39, 0.29) is 24.1 Å². The summed E-state index contributed by atoms with van der Waals surface area (Å²) in [6, 6.07) is -3.48. The van der Waals surface area contributed by atoms with E-state index in [4.69, 9.17) is 21.8 Å². The molecule has 22 heavy (non-hydrogen) atoms. The Kier molecular flexibility index (Phi) is 1.21. The summed E-state index contributed by atoms with van der Waals surface area (Å²) in [5.74, 6) is -2.16. The highest BCUT2D eigenvalue weighted by molar-refractivity contribution is 5.62. The molecule has 4 nitrogen and oxygen atoms in total. The van der Waals surface area contributed by atoms with Gasteiger partial charge in [-0.1, -0.05) is 18.2 Å². The van der Waals surface area contributed by atoms with Gasteiger partial charge in [0.2, 0.25) is 0 Å². The number of aliphatic hydroxyl groups is 1. The van der Waals surface area contributed by atoms with Gasteiger partial charge in [0.25, 0.3) is 0 Å². The Bertz CT molecular complexity index is 1090. The molecule has 1 spiro atoms. The van der Waals surface area contributed by atoms with Crippen molar-refractivity contribution in [3.63, 3.8) is 0 Å². The summed E-state index contributed by atoms with van der Waals surface area (Å²) in [6.07, 6.45) is -5.25. The van der Waals surface area contributed by atoms with E-state index in [1.165, 1.54) is 11.0 Å². The van der Waals surface area contributed by atoms with Gasteiger partial charge < -0.3 is 19.5 Å². The molecule has 2 heterocycles. The van der Waals surface area contributed by atoms with Crippen molar-refractivity contribution >= 4 is 0 Å². The molecule has 2 aliphatic heterocycles. The molecule has 2 unspecified atom stereocenters.